The quantitative estimate of drug-likeness (QED) is 0.799. The summed E-state index contributed by atoms with van der Waals surface area (Å²) in [5.41, 5.74) is 2.86. The largest absolute Gasteiger partial charge is 0.382 e. The van der Waals surface area contributed by atoms with Crippen molar-refractivity contribution in [3.8, 4) is 0 Å². The van der Waals surface area contributed by atoms with Crippen molar-refractivity contribution in [3.63, 3.8) is 0 Å². The number of amides is 2. The van der Waals surface area contributed by atoms with Crippen LogP contribution in [-0.2, 0) is 0 Å². The van der Waals surface area contributed by atoms with Crippen LogP contribution in [0.3, 0.4) is 0 Å². The Balaban J connectivity index is 1.61. The molecular formula is C22H30N6O. The van der Waals surface area contributed by atoms with Crippen molar-refractivity contribution in [2.24, 2.45) is 5.92 Å². The predicted octanol–water partition coefficient (Wildman–Crippen LogP) is 4.18. The highest BCUT2D eigenvalue weighted by atomic mass is 16.2. The Morgan fingerprint density at radius 3 is 2.83 bits per heavy atom. The van der Waals surface area contributed by atoms with Gasteiger partial charge in [0.2, 0.25) is 0 Å². The highest BCUT2D eigenvalue weighted by molar-refractivity contribution is 6.02. The van der Waals surface area contributed by atoms with Crippen molar-refractivity contribution in [3.05, 3.63) is 35.5 Å². The molecule has 7 heteroatoms. The van der Waals surface area contributed by atoms with Crippen LogP contribution in [0.1, 0.15) is 37.4 Å². The number of nitrogens with one attached hydrogen (secondary N) is 2. The summed E-state index contributed by atoms with van der Waals surface area (Å²) in [6, 6.07) is 7.81. The standard InChI is InChI=1S/C22H30N6O/c1-15-6-4-10-27(14-15)20-8-7-18-21(26-20)28(11-5-9-23-18)22(29)25-19-13-16(2)12-17(3)24-19/h7-8,12-13,15,23H,4-6,9-11,14H2,1-3H3,(H,24,25,29). The molecule has 0 spiro atoms. The summed E-state index contributed by atoms with van der Waals surface area (Å²) in [6.07, 6.45) is 3.31. The SMILES string of the molecule is Cc1cc(C)nc(NC(=O)N2CCCNc3ccc(N4CCCC(C)C4)nc32)c1. The lowest BCUT2D eigenvalue weighted by Gasteiger charge is -2.32. The van der Waals surface area contributed by atoms with E-state index in [9.17, 15) is 4.79 Å². The van der Waals surface area contributed by atoms with E-state index in [-0.39, 0.29) is 6.03 Å². The van der Waals surface area contributed by atoms with E-state index >= 15 is 0 Å². The minimum Gasteiger partial charge on any atom is -0.382 e. The summed E-state index contributed by atoms with van der Waals surface area (Å²) in [6.45, 7) is 9.68. The number of hydrogen-bond acceptors (Lipinski definition) is 5. The van der Waals surface area contributed by atoms with Gasteiger partial charge in [0.15, 0.2) is 5.82 Å². The number of hydrogen-bond donors (Lipinski definition) is 2. The Labute approximate surface area is 172 Å². The molecule has 2 amide bonds. The monoisotopic (exact) mass is 394 g/mol. The van der Waals surface area contributed by atoms with E-state index in [1.807, 2.05) is 26.0 Å². The van der Waals surface area contributed by atoms with Gasteiger partial charge in [-0.05, 0) is 68.9 Å². The molecule has 0 aliphatic carbocycles. The van der Waals surface area contributed by atoms with Crippen molar-refractivity contribution in [2.75, 3.05) is 46.6 Å². The van der Waals surface area contributed by atoms with Crippen LogP contribution in [0.25, 0.3) is 0 Å². The third-order valence-electron chi connectivity index (χ3n) is 5.55. The summed E-state index contributed by atoms with van der Waals surface area (Å²) in [5, 5.41) is 6.38. The zero-order valence-corrected chi connectivity index (χ0v) is 17.5. The summed E-state index contributed by atoms with van der Waals surface area (Å²) in [7, 11) is 0. The van der Waals surface area contributed by atoms with Gasteiger partial charge in [-0.2, -0.15) is 0 Å². The predicted molar refractivity (Wildman–Crippen MR) is 118 cm³/mol. The Morgan fingerprint density at radius 1 is 1.17 bits per heavy atom. The number of fused-ring (bicyclic) bond motifs is 1. The lowest BCUT2D eigenvalue weighted by Crippen LogP contribution is -2.38. The molecule has 1 saturated heterocycles. The van der Waals surface area contributed by atoms with Crippen molar-refractivity contribution >= 4 is 29.2 Å². The third-order valence-corrected chi connectivity index (χ3v) is 5.55. The summed E-state index contributed by atoms with van der Waals surface area (Å²) < 4.78 is 0. The van der Waals surface area contributed by atoms with Gasteiger partial charge in [-0.1, -0.05) is 6.92 Å². The normalized spacial score (nSPS) is 19.2. The summed E-state index contributed by atoms with van der Waals surface area (Å²) >= 11 is 0. The molecule has 2 aromatic rings. The number of urea groups is 1. The maximum Gasteiger partial charge on any atom is 0.328 e. The number of piperidine rings is 1. The van der Waals surface area contributed by atoms with Crippen LogP contribution >= 0.6 is 0 Å². The van der Waals surface area contributed by atoms with Gasteiger partial charge in [0.25, 0.3) is 0 Å². The van der Waals surface area contributed by atoms with Gasteiger partial charge in [-0.25, -0.2) is 14.8 Å². The number of aryl methyl sites for hydroxylation is 2. The molecular weight excluding hydrogens is 364 g/mol. The molecule has 4 heterocycles. The number of anilines is 4. The first-order chi connectivity index (χ1) is 14.0. The van der Waals surface area contributed by atoms with Crippen LogP contribution in [0.4, 0.5) is 27.9 Å². The van der Waals surface area contributed by atoms with E-state index in [4.69, 9.17) is 4.98 Å². The molecule has 1 unspecified atom stereocenters. The average Bonchev–Trinajstić information content (AvgIpc) is 2.89. The molecule has 154 valence electrons. The van der Waals surface area contributed by atoms with E-state index in [0.717, 1.165) is 48.8 Å². The van der Waals surface area contributed by atoms with Crippen LogP contribution < -0.4 is 20.4 Å². The smallest absolute Gasteiger partial charge is 0.328 e. The van der Waals surface area contributed by atoms with E-state index in [2.05, 4.69) is 39.6 Å². The second-order valence-electron chi connectivity index (χ2n) is 8.27. The van der Waals surface area contributed by atoms with E-state index in [1.165, 1.54) is 12.8 Å². The average molecular weight is 395 g/mol. The second-order valence-corrected chi connectivity index (χ2v) is 8.27. The van der Waals surface area contributed by atoms with Crippen molar-refractivity contribution < 1.29 is 4.79 Å². The molecule has 29 heavy (non-hydrogen) atoms. The van der Waals surface area contributed by atoms with Gasteiger partial charge in [0, 0.05) is 31.9 Å². The number of carbonyl (C=O) groups is 1. The third kappa shape index (κ3) is 4.44. The van der Waals surface area contributed by atoms with E-state index in [0.29, 0.717) is 24.1 Å². The van der Waals surface area contributed by atoms with Gasteiger partial charge in [-0.3, -0.25) is 10.2 Å². The molecule has 2 aliphatic heterocycles. The molecule has 4 rings (SSSR count). The summed E-state index contributed by atoms with van der Waals surface area (Å²) in [5.74, 6) is 2.88. The first-order valence-electron chi connectivity index (χ1n) is 10.5. The van der Waals surface area contributed by atoms with Crippen LogP contribution in [0.15, 0.2) is 24.3 Å². The highest BCUT2D eigenvalue weighted by Crippen LogP contribution is 2.31. The first kappa shape index (κ1) is 19.5. The number of carbonyl (C=O) groups excluding carboxylic acids is 1. The molecule has 2 aromatic heterocycles. The lowest BCUT2D eigenvalue weighted by atomic mass is 10.0. The van der Waals surface area contributed by atoms with Gasteiger partial charge >= 0.3 is 6.03 Å². The van der Waals surface area contributed by atoms with Crippen LogP contribution in [-0.4, -0.2) is 42.2 Å². The van der Waals surface area contributed by atoms with Gasteiger partial charge in [0.1, 0.15) is 11.6 Å². The molecule has 1 atom stereocenters. The fraction of sp³-hybridized carbons (Fsp3) is 0.500. The molecule has 2 aliphatic rings. The Hall–Kier alpha value is -2.83. The van der Waals surface area contributed by atoms with Crippen LogP contribution in [0, 0.1) is 19.8 Å². The number of nitrogens with zero attached hydrogens (tertiary/aromatic N) is 4. The maximum absolute atomic E-state index is 13.1. The maximum atomic E-state index is 13.1. The van der Waals surface area contributed by atoms with Crippen LogP contribution in [0.2, 0.25) is 0 Å². The fourth-order valence-corrected chi connectivity index (χ4v) is 4.20. The zero-order valence-electron chi connectivity index (χ0n) is 17.5. The van der Waals surface area contributed by atoms with Gasteiger partial charge < -0.3 is 10.2 Å². The lowest BCUT2D eigenvalue weighted by molar-refractivity contribution is 0.256. The fourth-order valence-electron chi connectivity index (χ4n) is 4.20. The first-order valence-corrected chi connectivity index (χ1v) is 10.5. The van der Waals surface area contributed by atoms with Crippen molar-refractivity contribution in [1.82, 2.24) is 9.97 Å². The Bertz CT molecular complexity index is 879. The van der Waals surface area contributed by atoms with Crippen molar-refractivity contribution in [2.45, 2.75) is 40.0 Å². The number of aromatic nitrogens is 2. The molecule has 0 bridgehead atoms. The minimum absolute atomic E-state index is 0.191. The van der Waals surface area contributed by atoms with E-state index in [1.54, 1.807) is 4.90 Å². The Morgan fingerprint density at radius 2 is 2.03 bits per heavy atom. The Kier molecular flexibility index (Phi) is 5.56. The molecule has 0 radical (unpaired) electrons. The molecule has 1 fully saturated rings. The van der Waals surface area contributed by atoms with Gasteiger partial charge in [0.05, 0.1) is 5.69 Å². The van der Waals surface area contributed by atoms with Crippen molar-refractivity contribution in [1.29, 1.82) is 0 Å². The summed E-state index contributed by atoms with van der Waals surface area (Å²) in [4.78, 5) is 26.6. The molecule has 7 nitrogen and oxygen atoms in total. The van der Waals surface area contributed by atoms with E-state index < -0.39 is 0 Å². The molecule has 2 N–H and O–H groups in total. The number of rotatable bonds is 2. The van der Waals surface area contributed by atoms with Crippen LogP contribution in [0.5, 0.6) is 0 Å². The molecule has 0 aromatic carbocycles. The number of pyridine rings is 2. The van der Waals surface area contributed by atoms with Gasteiger partial charge in [-0.15, -0.1) is 0 Å². The minimum atomic E-state index is -0.191. The topological polar surface area (TPSA) is 73.4 Å². The molecule has 0 saturated carbocycles. The highest BCUT2D eigenvalue weighted by Gasteiger charge is 2.25. The second kappa shape index (κ2) is 8.27. The zero-order chi connectivity index (χ0) is 20.4.